The fraction of sp³-hybridized carbons (Fsp3) is 0.357. The van der Waals surface area contributed by atoms with Crippen LogP contribution in [0.15, 0.2) is 36.7 Å². The topological polar surface area (TPSA) is 71.8 Å². The van der Waals surface area contributed by atoms with Gasteiger partial charge in [-0.2, -0.15) is 15.0 Å². The predicted octanol–water partition coefficient (Wildman–Crippen LogP) is 1.77. The van der Waals surface area contributed by atoms with Gasteiger partial charge in [0.05, 0.1) is 18.1 Å². The van der Waals surface area contributed by atoms with Crippen LogP contribution in [0.4, 0.5) is 5.69 Å². The van der Waals surface area contributed by atoms with E-state index in [4.69, 9.17) is 0 Å². The van der Waals surface area contributed by atoms with Gasteiger partial charge in [-0.1, -0.05) is 0 Å². The van der Waals surface area contributed by atoms with Gasteiger partial charge in [-0.15, -0.1) is 12.4 Å². The number of hydrogen-bond donors (Lipinski definition) is 2. The molecule has 0 bridgehead atoms. The van der Waals surface area contributed by atoms with Crippen molar-refractivity contribution < 1.29 is 4.79 Å². The first-order valence-corrected chi connectivity index (χ1v) is 6.81. The first kappa shape index (κ1) is 15.5. The van der Waals surface area contributed by atoms with E-state index in [1.165, 1.54) is 4.80 Å². The molecule has 7 heteroatoms. The predicted molar refractivity (Wildman–Crippen MR) is 82.9 cm³/mol. The minimum atomic E-state index is 0. The van der Waals surface area contributed by atoms with Gasteiger partial charge in [-0.25, -0.2) is 0 Å². The highest BCUT2D eigenvalue weighted by Crippen LogP contribution is 2.14. The maximum atomic E-state index is 11.9. The minimum Gasteiger partial charge on any atom is -0.326 e. The summed E-state index contributed by atoms with van der Waals surface area (Å²) in [4.78, 5) is 13.4. The fourth-order valence-electron chi connectivity index (χ4n) is 2.39. The van der Waals surface area contributed by atoms with E-state index in [0.717, 1.165) is 30.8 Å². The van der Waals surface area contributed by atoms with Crippen molar-refractivity contribution in [3.8, 4) is 5.69 Å². The van der Waals surface area contributed by atoms with Crippen LogP contribution >= 0.6 is 12.4 Å². The Morgan fingerprint density at radius 2 is 2.00 bits per heavy atom. The summed E-state index contributed by atoms with van der Waals surface area (Å²) < 4.78 is 0. The van der Waals surface area contributed by atoms with Crippen molar-refractivity contribution in [2.45, 2.75) is 25.3 Å². The number of nitrogens with zero attached hydrogens (tertiary/aromatic N) is 3. The molecule has 1 aromatic carbocycles. The maximum absolute atomic E-state index is 11.9. The molecule has 3 rings (SSSR count). The highest BCUT2D eigenvalue weighted by molar-refractivity contribution is 5.91. The summed E-state index contributed by atoms with van der Waals surface area (Å²) in [7, 11) is 0. The summed E-state index contributed by atoms with van der Waals surface area (Å²) in [5.74, 6) is 0.0503. The fourth-order valence-corrected chi connectivity index (χ4v) is 2.39. The van der Waals surface area contributed by atoms with Crippen LogP contribution in [0.1, 0.15) is 19.3 Å². The summed E-state index contributed by atoms with van der Waals surface area (Å²) in [6.07, 6.45) is 6.03. The van der Waals surface area contributed by atoms with Crippen molar-refractivity contribution in [2.75, 3.05) is 11.9 Å². The lowest BCUT2D eigenvalue weighted by Gasteiger charge is -2.10. The second-order valence-electron chi connectivity index (χ2n) is 4.91. The lowest BCUT2D eigenvalue weighted by atomic mass is 10.1. The zero-order valence-corrected chi connectivity index (χ0v) is 12.3. The molecule has 2 aromatic rings. The molecular formula is C14H18ClN5O. The number of nitrogens with one attached hydrogen (secondary N) is 2. The first-order valence-electron chi connectivity index (χ1n) is 6.81. The average molecular weight is 308 g/mol. The Bertz CT molecular complexity index is 564. The normalized spacial score (nSPS) is 17.2. The van der Waals surface area contributed by atoms with E-state index in [-0.39, 0.29) is 18.3 Å². The highest BCUT2D eigenvalue weighted by atomic mass is 35.5. The second kappa shape index (κ2) is 7.19. The molecular weight excluding hydrogens is 290 g/mol. The molecule has 1 aromatic heterocycles. The molecule has 1 fully saturated rings. The van der Waals surface area contributed by atoms with Crippen LogP contribution in [0.25, 0.3) is 5.69 Å². The Morgan fingerprint density at radius 3 is 2.62 bits per heavy atom. The molecule has 0 aliphatic carbocycles. The van der Waals surface area contributed by atoms with E-state index in [0.29, 0.717) is 12.5 Å². The lowest BCUT2D eigenvalue weighted by molar-refractivity contribution is -0.116. The number of carbonyl (C=O) groups excluding carboxylic acids is 1. The summed E-state index contributed by atoms with van der Waals surface area (Å²) in [5.41, 5.74) is 1.66. The number of rotatable bonds is 4. The molecule has 1 aliphatic heterocycles. The third-order valence-corrected chi connectivity index (χ3v) is 3.39. The van der Waals surface area contributed by atoms with Crippen LogP contribution in [0.5, 0.6) is 0 Å². The van der Waals surface area contributed by atoms with Gasteiger partial charge in [0.15, 0.2) is 0 Å². The van der Waals surface area contributed by atoms with Gasteiger partial charge in [0.25, 0.3) is 0 Å². The standard InChI is InChI=1S/C14H17N5O.ClH/c20-14(10-12-2-1-7-15-12)18-11-3-5-13(6-4-11)19-16-8-9-17-19;/h3-6,8-9,12,15H,1-2,7,10H2,(H,18,20);1H. The van der Waals surface area contributed by atoms with Gasteiger partial charge in [0.2, 0.25) is 5.91 Å². The third kappa shape index (κ3) is 4.03. The second-order valence-corrected chi connectivity index (χ2v) is 4.91. The van der Waals surface area contributed by atoms with E-state index >= 15 is 0 Å². The van der Waals surface area contributed by atoms with E-state index in [2.05, 4.69) is 20.8 Å². The molecule has 21 heavy (non-hydrogen) atoms. The third-order valence-electron chi connectivity index (χ3n) is 3.39. The van der Waals surface area contributed by atoms with Crippen molar-refractivity contribution in [1.29, 1.82) is 0 Å². The van der Waals surface area contributed by atoms with E-state index in [1.54, 1.807) is 12.4 Å². The minimum absolute atomic E-state index is 0. The van der Waals surface area contributed by atoms with Crippen LogP contribution in [-0.2, 0) is 4.79 Å². The van der Waals surface area contributed by atoms with Gasteiger partial charge in [-0.3, -0.25) is 4.79 Å². The number of anilines is 1. The maximum Gasteiger partial charge on any atom is 0.225 e. The van der Waals surface area contributed by atoms with Crippen molar-refractivity contribution in [3.63, 3.8) is 0 Å². The van der Waals surface area contributed by atoms with E-state index in [9.17, 15) is 4.79 Å². The number of halogens is 1. The Hall–Kier alpha value is -1.92. The molecule has 2 N–H and O–H groups in total. The Morgan fingerprint density at radius 1 is 1.29 bits per heavy atom. The van der Waals surface area contributed by atoms with Gasteiger partial charge < -0.3 is 10.6 Å². The van der Waals surface area contributed by atoms with Crippen molar-refractivity contribution in [3.05, 3.63) is 36.7 Å². The van der Waals surface area contributed by atoms with E-state index < -0.39 is 0 Å². The van der Waals surface area contributed by atoms with Gasteiger partial charge in [-0.05, 0) is 43.7 Å². The SMILES string of the molecule is Cl.O=C(CC1CCCN1)Nc1ccc(-n2nccn2)cc1. The van der Waals surface area contributed by atoms with E-state index in [1.807, 2.05) is 24.3 Å². The van der Waals surface area contributed by atoms with Crippen LogP contribution in [-0.4, -0.2) is 33.5 Å². The first-order chi connectivity index (χ1) is 9.81. The Kier molecular flexibility index (Phi) is 5.30. The number of hydrogen-bond acceptors (Lipinski definition) is 4. The van der Waals surface area contributed by atoms with Gasteiger partial charge in [0.1, 0.15) is 0 Å². The van der Waals surface area contributed by atoms with Gasteiger partial charge >= 0.3 is 0 Å². The smallest absolute Gasteiger partial charge is 0.225 e. The van der Waals surface area contributed by atoms with Crippen molar-refractivity contribution >= 4 is 24.0 Å². The highest BCUT2D eigenvalue weighted by Gasteiger charge is 2.17. The Balaban J connectivity index is 0.00000161. The molecule has 1 unspecified atom stereocenters. The molecule has 1 aliphatic rings. The van der Waals surface area contributed by atoms with Crippen molar-refractivity contribution in [1.82, 2.24) is 20.3 Å². The molecule has 6 nitrogen and oxygen atoms in total. The quantitative estimate of drug-likeness (QED) is 0.903. The summed E-state index contributed by atoms with van der Waals surface area (Å²) in [6, 6.07) is 7.80. The number of benzene rings is 1. The molecule has 112 valence electrons. The number of amides is 1. The monoisotopic (exact) mass is 307 g/mol. The lowest BCUT2D eigenvalue weighted by Crippen LogP contribution is -2.27. The zero-order valence-electron chi connectivity index (χ0n) is 11.5. The molecule has 0 saturated carbocycles. The molecule has 1 amide bonds. The Labute approximate surface area is 129 Å². The van der Waals surface area contributed by atoms with Crippen molar-refractivity contribution in [2.24, 2.45) is 0 Å². The summed E-state index contributed by atoms with van der Waals surface area (Å²) in [6.45, 7) is 1.02. The number of aromatic nitrogens is 3. The summed E-state index contributed by atoms with van der Waals surface area (Å²) >= 11 is 0. The zero-order chi connectivity index (χ0) is 13.8. The van der Waals surface area contributed by atoms with Crippen LogP contribution in [0.2, 0.25) is 0 Å². The molecule has 1 saturated heterocycles. The molecule has 0 spiro atoms. The molecule has 1 atom stereocenters. The molecule has 2 heterocycles. The molecule has 0 radical (unpaired) electrons. The summed E-state index contributed by atoms with van der Waals surface area (Å²) in [5, 5.41) is 14.3. The largest absolute Gasteiger partial charge is 0.326 e. The van der Waals surface area contributed by atoms with Crippen LogP contribution in [0.3, 0.4) is 0 Å². The van der Waals surface area contributed by atoms with Crippen LogP contribution in [0, 0.1) is 0 Å². The van der Waals surface area contributed by atoms with Crippen LogP contribution < -0.4 is 10.6 Å². The van der Waals surface area contributed by atoms with Gasteiger partial charge in [0, 0.05) is 18.2 Å². The average Bonchev–Trinajstić information content (AvgIpc) is 3.12. The number of carbonyl (C=O) groups is 1.